The van der Waals surface area contributed by atoms with Crippen LogP contribution >= 0.6 is 0 Å². The molecular weight excluding hydrogens is 534 g/mol. The third-order valence-corrected chi connectivity index (χ3v) is 9.47. The minimum absolute atomic E-state index is 0.00281. The first-order valence-electron chi connectivity index (χ1n) is 12.4. The summed E-state index contributed by atoms with van der Waals surface area (Å²) in [7, 11) is -5.89. The van der Waals surface area contributed by atoms with Crippen LogP contribution in [-0.2, 0) is 24.8 Å². The smallest absolute Gasteiger partial charge is 0.243 e. The number of ether oxygens (including phenoxy) is 3. The van der Waals surface area contributed by atoms with Crippen molar-refractivity contribution in [3.05, 3.63) is 36.4 Å². The zero-order valence-electron chi connectivity index (χ0n) is 21.5. The molecule has 1 N–H and O–H groups in total. The maximum absolute atomic E-state index is 13.1. The molecule has 0 aromatic heterocycles. The van der Waals surface area contributed by atoms with Gasteiger partial charge in [-0.05, 0) is 49.6 Å². The summed E-state index contributed by atoms with van der Waals surface area (Å²) in [6, 6.07) is 9.28. The number of benzene rings is 2. The highest BCUT2D eigenvalue weighted by atomic mass is 32.2. The second-order valence-corrected chi connectivity index (χ2v) is 13.0. The minimum Gasteiger partial charge on any atom is -0.495 e. The Hall–Kier alpha value is -3.03. The third kappa shape index (κ3) is 6.51. The van der Waals surface area contributed by atoms with Gasteiger partial charge in [0.25, 0.3) is 0 Å². The summed E-state index contributed by atoms with van der Waals surface area (Å²) < 4.78 is 70.2. The van der Waals surface area contributed by atoms with E-state index in [-0.39, 0.29) is 30.0 Å². The van der Waals surface area contributed by atoms with Crippen LogP contribution < -0.4 is 23.8 Å². The third-order valence-electron chi connectivity index (χ3n) is 6.38. The van der Waals surface area contributed by atoms with E-state index >= 15 is 0 Å². The molecule has 208 valence electrons. The Labute approximate surface area is 223 Å². The fraction of sp³-hybridized carbons (Fsp3) is 0.480. The number of carbonyl (C=O) groups is 1. The lowest BCUT2D eigenvalue weighted by Crippen LogP contribution is -2.35. The van der Waals surface area contributed by atoms with Crippen LogP contribution in [0, 0.1) is 0 Å². The molecule has 2 heterocycles. The van der Waals surface area contributed by atoms with Crippen molar-refractivity contribution in [2.45, 2.75) is 37.0 Å². The van der Waals surface area contributed by atoms with E-state index in [9.17, 15) is 21.6 Å². The van der Waals surface area contributed by atoms with Crippen molar-refractivity contribution in [3.63, 3.8) is 0 Å². The topological polar surface area (TPSA) is 132 Å². The Bertz CT molecular complexity index is 1370. The van der Waals surface area contributed by atoms with Gasteiger partial charge in [-0.2, -0.15) is 4.31 Å². The zero-order valence-corrected chi connectivity index (χ0v) is 23.1. The Morgan fingerprint density at radius 2 is 1.71 bits per heavy atom. The number of nitrogens with zero attached hydrogens (tertiary/aromatic N) is 2. The second-order valence-electron chi connectivity index (χ2n) is 9.14. The predicted molar refractivity (Wildman–Crippen MR) is 143 cm³/mol. The van der Waals surface area contributed by atoms with Gasteiger partial charge in [-0.15, -0.1) is 0 Å². The highest BCUT2D eigenvalue weighted by molar-refractivity contribution is 7.92. The van der Waals surface area contributed by atoms with Crippen LogP contribution in [0.4, 0.5) is 11.4 Å². The van der Waals surface area contributed by atoms with Gasteiger partial charge in [0.15, 0.2) is 11.5 Å². The molecule has 0 atom stereocenters. The number of sulfonamides is 2. The van der Waals surface area contributed by atoms with E-state index in [0.717, 1.165) is 25.5 Å². The molecule has 2 aliphatic heterocycles. The Morgan fingerprint density at radius 1 is 1.00 bits per heavy atom. The number of nitrogens with one attached hydrogen (secondary N) is 1. The van der Waals surface area contributed by atoms with E-state index in [4.69, 9.17) is 14.2 Å². The number of amides is 1. The van der Waals surface area contributed by atoms with Crippen molar-refractivity contribution >= 4 is 37.3 Å². The van der Waals surface area contributed by atoms with Gasteiger partial charge in [-0.1, -0.05) is 6.42 Å². The van der Waals surface area contributed by atoms with E-state index < -0.39 is 26.0 Å². The van der Waals surface area contributed by atoms with Gasteiger partial charge in [-0.25, -0.2) is 16.8 Å². The number of rotatable bonds is 10. The molecule has 0 bridgehead atoms. The van der Waals surface area contributed by atoms with Crippen molar-refractivity contribution in [2.75, 3.05) is 55.8 Å². The molecular formula is C25H33N3O8S2. The Morgan fingerprint density at radius 3 is 2.39 bits per heavy atom. The number of carbonyl (C=O) groups excluding carboxylic acids is 1. The van der Waals surface area contributed by atoms with Crippen LogP contribution in [0.15, 0.2) is 41.3 Å². The van der Waals surface area contributed by atoms with Gasteiger partial charge in [0.2, 0.25) is 26.0 Å². The first kappa shape index (κ1) is 28.0. The van der Waals surface area contributed by atoms with E-state index in [0.29, 0.717) is 49.2 Å². The number of methoxy groups -OCH3 is 1. The zero-order chi connectivity index (χ0) is 27.3. The standard InChI is InChI=1S/C25H33N3O8S2/c1-34-22-11-9-20(38(32,33)27-12-4-3-5-13-27)18-21(22)26-25(29)7-6-14-28(37(2,30)31)19-8-10-23-24(17-19)36-16-15-35-23/h8-11,17-18H,3-7,12-16H2,1-2H3,(H,26,29). The number of anilines is 2. The van der Waals surface area contributed by atoms with Gasteiger partial charge in [0.1, 0.15) is 19.0 Å². The molecule has 0 radical (unpaired) electrons. The van der Waals surface area contributed by atoms with Crippen LogP contribution in [0.5, 0.6) is 17.2 Å². The SMILES string of the molecule is COc1ccc(S(=O)(=O)N2CCCCC2)cc1NC(=O)CCCN(c1ccc2c(c1)OCCO2)S(C)(=O)=O. The van der Waals surface area contributed by atoms with E-state index in [1.807, 2.05) is 0 Å². The van der Waals surface area contributed by atoms with Crippen molar-refractivity contribution in [1.82, 2.24) is 4.31 Å². The highest BCUT2D eigenvalue weighted by Crippen LogP contribution is 2.35. The largest absolute Gasteiger partial charge is 0.495 e. The molecule has 11 nitrogen and oxygen atoms in total. The summed E-state index contributed by atoms with van der Waals surface area (Å²) in [5, 5.41) is 2.72. The Kier molecular flexibility index (Phi) is 8.68. The first-order valence-corrected chi connectivity index (χ1v) is 15.7. The summed E-state index contributed by atoms with van der Waals surface area (Å²) in [6.45, 7) is 1.80. The van der Waals surface area contributed by atoms with Crippen molar-refractivity contribution in [3.8, 4) is 17.2 Å². The van der Waals surface area contributed by atoms with Gasteiger partial charge in [0.05, 0.1) is 29.6 Å². The lowest BCUT2D eigenvalue weighted by molar-refractivity contribution is -0.116. The van der Waals surface area contributed by atoms with Crippen LogP contribution in [0.25, 0.3) is 0 Å². The van der Waals surface area contributed by atoms with E-state index in [1.165, 1.54) is 33.9 Å². The first-order chi connectivity index (χ1) is 18.1. The van der Waals surface area contributed by atoms with Crippen LogP contribution in [0.1, 0.15) is 32.1 Å². The molecule has 13 heteroatoms. The van der Waals surface area contributed by atoms with E-state index in [1.54, 1.807) is 18.2 Å². The fourth-order valence-electron chi connectivity index (χ4n) is 4.47. The molecule has 38 heavy (non-hydrogen) atoms. The van der Waals surface area contributed by atoms with Crippen LogP contribution in [-0.4, -0.2) is 73.3 Å². The van der Waals surface area contributed by atoms with E-state index in [2.05, 4.69) is 5.32 Å². The number of piperidine rings is 1. The molecule has 1 saturated heterocycles. The molecule has 0 aliphatic carbocycles. The molecule has 2 aromatic carbocycles. The van der Waals surface area contributed by atoms with Gasteiger partial charge >= 0.3 is 0 Å². The number of hydrogen-bond donors (Lipinski definition) is 1. The molecule has 0 unspecified atom stereocenters. The van der Waals surface area contributed by atoms with Crippen molar-refractivity contribution in [1.29, 1.82) is 0 Å². The molecule has 4 rings (SSSR count). The molecule has 2 aromatic rings. The second kappa shape index (κ2) is 11.8. The van der Waals surface area contributed by atoms with Gasteiger partial charge in [-0.3, -0.25) is 9.10 Å². The molecule has 1 fully saturated rings. The lowest BCUT2D eigenvalue weighted by atomic mass is 10.2. The molecule has 0 spiro atoms. The Balaban J connectivity index is 1.43. The minimum atomic E-state index is -3.69. The fourth-order valence-corrected chi connectivity index (χ4v) is 6.97. The molecule has 0 saturated carbocycles. The summed E-state index contributed by atoms with van der Waals surface area (Å²) in [4.78, 5) is 12.9. The average molecular weight is 568 g/mol. The highest BCUT2D eigenvalue weighted by Gasteiger charge is 2.27. The van der Waals surface area contributed by atoms with Gasteiger partial charge in [0, 0.05) is 32.1 Å². The monoisotopic (exact) mass is 567 g/mol. The van der Waals surface area contributed by atoms with Crippen molar-refractivity contribution < 1.29 is 35.8 Å². The summed E-state index contributed by atoms with van der Waals surface area (Å²) >= 11 is 0. The maximum atomic E-state index is 13.1. The maximum Gasteiger partial charge on any atom is 0.243 e. The average Bonchev–Trinajstić information content (AvgIpc) is 2.90. The number of fused-ring (bicyclic) bond motifs is 1. The number of hydrogen-bond acceptors (Lipinski definition) is 8. The quantitative estimate of drug-likeness (QED) is 0.464. The van der Waals surface area contributed by atoms with Gasteiger partial charge < -0.3 is 19.5 Å². The summed E-state index contributed by atoms with van der Waals surface area (Å²) in [6.07, 6.45) is 3.96. The normalized spacial score (nSPS) is 16.1. The summed E-state index contributed by atoms with van der Waals surface area (Å²) in [5.74, 6) is 0.939. The molecule has 1 amide bonds. The summed E-state index contributed by atoms with van der Waals surface area (Å²) in [5.41, 5.74) is 0.650. The lowest BCUT2D eigenvalue weighted by Gasteiger charge is -2.26. The van der Waals surface area contributed by atoms with Crippen LogP contribution in [0.2, 0.25) is 0 Å². The van der Waals surface area contributed by atoms with Crippen LogP contribution in [0.3, 0.4) is 0 Å². The van der Waals surface area contributed by atoms with Crippen molar-refractivity contribution in [2.24, 2.45) is 0 Å². The predicted octanol–water partition coefficient (Wildman–Crippen LogP) is 2.83. The molecule has 2 aliphatic rings.